The summed E-state index contributed by atoms with van der Waals surface area (Å²) < 4.78 is 0. The molecule has 2 nitrogen and oxygen atoms in total. The number of benzene rings is 2. The highest BCUT2D eigenvalue weighted by atomic mass is 35.5. The highest BCUT2D eigenvalue weighted by Gasteiger charge is 2.35. The number of likely N-dealkylation sites (tertiary alicyclic amines) is 1. The van der Waals surface area contributed by atoms with Gasteiger partial charge in [0.1, 0.15) is 0 Å². The number of halogens is 1. The van der Waals surface area contributed by atoms with Gasteiger partial charge >= 0.3 is 0 Å². The van der Waals surface area contributed by atoms with E-state index in [-0.39, 0.29) is 12.0 Å². The van der Waals surface area contributed by atoms with Crippen molar-refractivity contribution in [1.82, 2.24) is 4.90 Å². The molecule has 0 bridgehead atoms. The van der Waals surface area contributed by atoms with Gasteiger partial charge in [0.25, 0.3) is 0 Å². The Kier molecular flexibility index (Phi) is 4.82. The zero-order chi connectivity index (χ0) is 15.4. The first-order valence-electron chi connectivity index (χ1n) is 7.85. The summed E-state index contributed by atoms with van der Waals surface area (Å²) in [6.07, 6.45) is 1.97. The standard InChI is InChI=1S/C19H22ClNO/c20-18-8-6-17(7-9-18)19(15-22)10-12-21(13-11-19)14-16-4-2-1-3-5-16/h1-9,22H,10-15H2. The second kappa shape index (κ2) is 6.82. The molecule has 0 amide bonds. The molecule has 0 radical (unpaired) electrons. The van der Waals surface area contributed by atoms with Crippen LogP contribution < -0.4 is 0 Å². The molecular weight excluding hydrogens is 294 g/mol. The van der Waals surface area contributed by atoms with E-state index in [9.17, 15) is 5.11 Å². The van der Waals surface area contributed by atoms with Gasteiger partial charge in [0, 0.05) is 17.0 Å². The molecule has 1 saturated heterocycles. The van der Waals surface area contributed by atoms with Gasteiger partial charge < -0.3 is 5.11 Å². The summed E-state index contributed by atoms with van der Waals surface area (Å²) in [4.78, 5) is 2.47. The minimum Gasteiger partial charge on any atom is -0.395 e. The van der Waals surface area contributed by atoms with Crippen molar-refractivity contribution in [3.8, 4) is 0 Å². The van der Waals surface area contributed by atoms with Crippen LogP contribution in [0.1, 0.15) is 24.0 Å². The smallest absolute Gasteiger partial charge is 0.0528 e. The summed E-state index contributed by atoms with van der Waals surface area (Å²) in [5.41, 5.74) is 2.45. The summed E-state index contributed by atoms with van der Waals surface area (Å²) in [6.45, 7) is 3.22. The predicted octanol–water partition coefficient (Wildman–Crippen LogP) is 3.87. The Morgan fingerprint density at radius 3 is 2.18 bits per heavy atom. The maximum atomic E-state index is 9.99. The lowest BCUT2D eigenvalue weighted by Gasteiger charge is -2.41. The summed E-state index contributed by atoms with van der Waals surface area (Å²) >= 11 is 5.98. The molecule has 3 heteroatoms. The molecule has 0 spiro atoms. The van der Waals surface area contributed by atoms with Crippen LogP contribution in [0.5, 0.6) is 0 Å². The van der Waals surface area contributed by atoms with Gasteiger partial charge in [-0.15, -0.1) is 0 Å². The van der Waals surface area contributed by atoms with Gasteiger partial charge in [-0.1, -0.05) is 54.1 Å². The Morgan fingerprint density at radius 1 is 0.955 bits per heavy atom. The minimum atomic E-state index is -0.113. The molecule has 2 aromatic rings. The lowest BCUT2D eigenvalue weighted by Crippen LogP contribution is -2.44. The Bertz CT molecular complexity index is 589. The molecule has 1 heterocycles. The molecule has 0 saturated carbocycles. The molecule has 0 aliphatic carbocycles. The number of hydrogen-bond acceptors (Lipinski definition) is 2. The highest BCUT2D eigenvalue weighted by Crippen LogP contribution is 2.36. The topological polar surface area (TPSA) is 23.5 Å². The number of rotatable bonds is 4. The zero-order valence-electron chi connectivity index (χ0n) is 12.7. The molecule has 3 rings (SSSR count). The highest BCUT2D eigenvalue weighted by molar-refractivity contribution is 6.30. The van der Waals surface area contributed by atoms with Crippen LogP contribution in [0.15, 0.2) is 54.6 Å². The van der Waals surface area contributed by atoms with Crippen molar-refractivity contribution in [2.45, 2.75) is 24.8 Å². The van der Waals surface area contributed by atoms with E-state index >= 15 is 0 Å². The maximum absolute atomic E-state index is 9.99. The van der Waals surface area contributed by atoms with E-state index in [1.165, 1.54) is 11.1 Å². The molecule has 0 atom stereocenters. The number of hydrogen-bond donors (Lipinski definition) is 1. The third-order valence-electron chi connectivity index (χ3n) is 4.82. The molecule has 2 aromatic carbocycles. The van der Waals surface area contributed by atoms with Crippen molar-refractivity contribution < 1.29 is 5.11 Å². The van der Waals surface area contributed by atoms with Crippen LogP contribution in [0.4, 0.5) is 0 Å². The first-order valence-corrected chi connectivity index (χ1v) is 8.23. The van der Waals surface area contributed by atoms with Crippen LogP contribution in [0.25, 0.3) is 0 Å². The van der Waals surface area contributed by atoms with Gasteiger partial charge in [0.05, 0.1) is 6.61 Å². The number of nitrogens with zero attached hydrogens (tertiary/aromatic N) is 1. The summed E-state index contributed by atoms with van der Waals surface area (Å²) in [7, 11) is 0. The largest absolute Gasteiger partial charge is 0.395 e. The number of aliphatic hydroxyl groups excluding tert-OH is 1. The molecule has 0 aromatic heterocycles. The van der Waals surface area contributed by atoms with Crippen molar-refractivity contribution in [2.24, 2.45) is 0 Å². The molecule has 1 fully saturated rings. The van der Waals surface area contributed by atoms with Crippen LogP contribution in [0.2, 0.25) is 5.02 Å². The fourth-order valence-corrected chi connectivity index (χ4v) is 3.45. The normalized spacial score (nSPS) is 18.3. The number of piperidine rings is 1. The van der Waals surface area contributed by atoms with Gasteiger partial charge in [-0.05, 0) is 49.2 Å². The van der Waals surface area contributed by atoms with Crippen LogP contribution in [-0.4, -0.2) is 29.7 Å². The van der Waals surface area contributed by atoms with E-state index in [2.05, 4.69) is 47.4 Å². The van der Waals surface area contributed by atoms with E-state index in [4.69, 9.17) is 11.6 Å². The van der Waals surface area contributed by atoms with Gasteiger partial charge in [-0.25, -0.2) is 0 Å². The van der Waals surface area contributed by atoms with E-state index < -0.39 is 0 Å². The van der Waals surface area contributed by atoms with Gasteiger partial charge in [-0.2, -0.15) is 0 Å². The lowest BCUT2D eigenvalue weighted by molar-refractivity contribution is 0.0974. The first-order chi connectivity index (χ1) is 10.7. The maximum Gasteiger partial charge on any atom is 0.0528 e. The SMILES string of the molecule is OCC1(c2ccc(Cl)cc2)CCN(Cc2ccccc2)CC1. The second-order valence-electron chi connectivity index (χ2n) is 6.21. The lowest BCUT2D eigenvalue weighted by atomic mass is 9.73. The minimum absolute atomic E-state index is 0.113. The Morgan fingerprint density at radius 2 is 1.59 bits per heavy atom. The quantitative estimate of drug-likeness (QED) is 0.926. The van der Waals surface area contributed by atoms with Crippen LogP contribution in [0, 0.1) is 0 Å². The third-order valence-corrected chi connectivity index (χ3v) is 5.07. The summed E-state index contributed by atoms with van der Waals surface area (Å²) in [6, 6.07) is 18.5. The number of aliphatic hydroxyl groups is 1. The molecule has 1 N–H and O–H groups in total. The van der Waals surface area contributed by atoms with E-state index in [1.807, 2.05) is 12.1 Å². The molecule has 0 unspecified atom stereocenters. The average Bonchev–Trinajstić information content (AvgIpc) is 2.57. The first kappa shape index (κ1) is 15.5. The molecular formula is C19H22ClNO. The van der Waals surface area contributed by atoms with Crippen LogP contribution in [0.3, 0.4) is 0 Å². The Balaban J connectivity index is 1.67. The van der Waals surface area contributed by atoms with Crippen LogP contribution >= 0.6 is 11.6 Å². The van der Waals surface area contributed by atoms with Crippen molar-refractivity contribution in [1.29, 1.82) is 0 Å². The molecule has 22 heavy (non-hydrogen) atoms. The second-order valence-corrected chi connectivity index (χ2v) is 6.64. The summed E-state index contributed by atoms with van der Waals surface area (Å²) in [5.74, 6) is 0. The van der Waals surface area contributed by atoms with Crippen molar-refractivity contribution in [2.75, 3.05) is 19.7 Å². The van der Waals surface area contributed by atoms with E-state index in [0.29, 0.717) is 0 Å². The fourth-order valence-electron chi connectivity index (χ4n) is 3.32. The van der Waals surface area contributed by atoms with Crippen molar-refractivity contribution >= 4 is 11.6 Å². The van der Waals surface area contributed by atoms with Gasteiger partial charge in [0.15, 0.2) is 0 Å². The van der Waals surface area contributed by atoms with Gasteiger partial charge in [-0.3, -0.25) is 4.90 Å². The van der Waals surface area contributed by atoms with E-state index in [0.717, 1.165) is 37.5 Å². The Hall–Kier alpha value is -1.35. The van der Waals surface area contributed by atoms with Gasteiger partial charge in [0.2, 0.25) is 0 Å². The summed E-state index contributed by atoms with van der Waals surface area (Å²) in [5, 5.41) is 10.7. The van der Waals surface area contributed by atoms with Crippen molar-refractivity contribution in [3.05, 3.63) is 70.7 Å². The predicted molar refractivity (Wildman–Crippen MR) is 91.2 cm³/mol. The molecule has 116 valence electrons. The van der Waals surface area contributed by atoms with Crippen molar-refractivity contribution in [3.63, 3.8) is 0 Å². The molecule has 1 aliphatic rings. The Labute approximate surface area is 137 Å². The zero-order valence-corrected chi connectivity index (χ0v) is 13.5. The third kappa shape index (κ3) is 3.35. The monoisotopic (exact) mass is 315 g/mol. The fraction of sp³-hybridized carbons (Fsp3) is 0.368. The van der Waals surface area contributed by atoms with Crippen LogP contribution in [-0.2, 0) is 12.0 Å². The van der Waals surface area contributed by atoms with E-state index in [1.54, 1.807) is 0 Å². The average molecular weight is 316 g/mol. The molecule has 1 aliphatic heterocycles.